The number of halogens is 1. The molecular formula is C17H11ClN2O3S. The summed E-state index contributed by atoms with van der Waals surface area (Å²) in [6, 6.07) is 15.4. The number of non-ortho nitro benzene ring substituents is 1. The lowest BCUT2D eigenvalue weighted by Gasteiger charge is -2.08. The van der Waals surface area contributed by atoms with Crippen LogP contribution in [0.2, 0.25) is 5.02 Å². The molecule has 120 valence electrons. The van der Waals surface area contributed by atoms with E-state index in [1.165, 1.54) is 23.9 Å². The Bertz CT molecular complexity index is 857. The molecule has 0 aliphatic heterocycles. The van der Waals surface area contributed by atoms with Gasteiger partial charge in [-0.3, -0.25) is 15.1 Å². The van der Waals surface area contributed by atoms with E-state index in [4.69, 9.17) is 16.3 Å². The first-order chi connectivity index (χ1) is 11.6. The van der Waals surface area contributed by atoms with Crippen LogP contribution in [-0.4, -0.2) is 9.91 Å². The zero-order chi connectivity index (χ0) is 16.9. The largest absolute Gasteiger partial charge is 0.455 e. The predicted molar refractivity (Wildman–Crippen MR) is 93.0 cm³/mol. The van der Waals surface area contributed by atoms with Crippen molar-refractivity contribution in [3.8, 4) is 11.5 Å². The van der Waals surface area contributed by atoms with Crippen molar-refractivity contribution in [3.05, 3.63) is 82.1 Å². The summed E-state index contributed by atoms with van der Waals surface area (Å²) >= 11 is 7.27. The fourth-order valence-corrected chi connectivity index (χ4v) is 2.99. The molecule has 0 N–H and O–H groups in total. The molecule has 3 rings (SSSR count). The molecule has 0 unspecified atom stereocenters. The van der Waals surface area contributed by atoms with E-state index in [2.05, 4.69) is 4.98 Å². The highest BCUT2D eigenvalue weighted by Gasteiger charge is 2.12. The molecule has 0 fully saturated rings. The summed E-state index contributed by atoms with van der Waals surface area (Å²) in [5, 5.41) is 11.8. The molecule has 0 saturated carbocycles. The monoisotopic (exact) mass is 358 g/mol. The molecule has 0 bridgehead atoms. The van der Waals surface area contributed by atoms with E-state index in [9.17, 15) is 10.1 Å². The van der Waals surface area contributed by atoms with Crippen molar-refractivity contribution < 1.29 is 9.66 Å². The van der Waals surface area contributed by atoms with Crippen LogP contribution < -0.4 is 4.74 Å². The highest BCUT2D eigenvalue weighted by atomic mass is 35.5. The molecule has 3 aromatic rings. The van der Waals surface area contributed by atoms with Crippen LogP contribution in [0.3, 0.4) is 0 Å². The van der Waals surface area contributed by atoms with E-state index in [-0.39, 0.29) is 5.69 Å². The van der Waals surface area contributed by atoms with Crippen LogP contribution in [0.15, 0.2) is 76.8 Å². The Labute approximate surface area is 147 Å². The number of hydrogen-bond donors (Lipinski definition) is 0. The smallest absolute Gasteiger partial charge is 0.274 e. The SMILES string of the molecule is O=[N+]([O-])c1cc(Oc2cccnc2)cc(Sc2ccc(Cl)cc2)c1. The van der Waals surface area contributed by atoms with E-state index in [0.29, 0.717) is 21.4 Å². The van der Waals surface area contributed by atoms with Crippen molar-refractivity contribution in [2.75, 3.05) is 0 Å². The van der Waals surface area contributed by atoms with Gasteiger partial charge in [0.2, 0.25) is 0 Å². The lowest BCUT2D eigenvalue weighted by molar-refractivity contribution is -0.385. The molecule has 0 saturated heterocycles. The molecule has 0 atom stereocenters. The van der Waals surface area contributed by atoms with Gasteiger partial charge in [0.05, 0.1) is 17.2 Å². The molecule has 0 spiro atoms. The summed E-state index contributed by atoms with van der Waals surface area (Å²) in [5.74, 6) is 0.897. The van der Waals surface area contributed by atoms with Crippen LogP contribution >= 0.6 is 23.4 Å². The molecule has 1 aromatic heterocycles. The average molecular weight is 359 g/mol. The van der Waals surface area contributed by atoms with Crippen LogP contribution in [0.5, 0.6) is 11.5 Å². The normalized spacial score (nSPS) is 10.4. The Morgan fingerprint density at radius 2 is 1.83 bits per heavy atom. The molecule has 2 aromatic carbocycles. The Balaban J connectivity index is 1.90. The number of nitro groups is 1. The summed E-state index contributed by atoms with van der Waals surface area (Å²) < 4.78 is 5.67. The topological polar surface area (TPSA) is 65.3 Å². The second kappa shape index (κ2) is 7.33. The number of benzene rings is 2. The molecule has 7 heteroatoms. The van der Waals surface area contributed by atoms with Gasteiger partial charge in [0.25, 0.3) is 5.69 Å². The minimum absolute atomic E-state index is 0.0344. The maximum Gasteiger partial charge on any atom is 0.274 e. The molecule has 0 aliphatic carbocycles. The van der Waals surface area contributed by atoms with Gasteiger partial charge in [-0.15, -0.1) is 0 Å². The van der Waals surface area contributed by atoms with Crippen LogP contribution in [0.25, 0.3) is 0 Å². The van der Waals surface area contributed by atoms with Gasteiger partial charge in [-0.2, -0.15) is 0 Å². The van der Waals surface area contributed by atoms with Gasteiger partial charge in [0.15, 0.2) is 0 Å². The van der Waals surface area contributed by atoms with Gasteiger partial charge >= 0.3 is 0 Å². The Morgan fingerprint density at radius 3 is 2.50 bits per heavy atom. The molecular weight excluding hydrogens is 348 g/mol. The average Bonchev–Trinajstić information content (AvgIpc) is 2.58. The summed E-state index contributed by atoms with van der Waals surface area (Å²) in [4.78, 5) is 16.3. The quantitative estimate of drug-likeness (QED) is 0.439. The molecule has 0 radical (unpaired) electrons. The third-order valence-corrected chi connectivity index (χ3v) is 4.23. The van der Waals surface area contributed by atoms with Gasteiger partial charge in [0, 0.05) is 27.1 Å². The van der Waals surface area contributed by atoms with E-state index in [1.807, 2.05) is 12.1 Å². The fraction of sp³-hybridized carbons (Fsp3) is 0. The summed E-state index contributed by atoms with van der Waals surface area (Å²) in [7, 11) is 0. The number of hydrogen-bond acceptors (Lipinski definition) is 5. The number of pyridine rings is 1. The van der Waals surface area contributed by atoms with Gasteiger partial charge in [-0.1, -0.05) is 23.4 Å². The first-order valence-corrected chi connectivity index (χ1v) is 8.10. The number of aromatic nitrogens is 1. The van der Waals surface area contributed by atoms with Crippen LogP contribution in [0.4, 0.5) is 5.69 Å². The lowest BCUT2D eigenvalue weighted by Crippen LogP contribution is -1.91. The van der Waals surface area contributed by atoms with Crippen molar-refractivity contribution >= 4 is 29.1 Å². The Morgan fingerprint density at radius 1 is 1.04 bits per heavy atom. The zero-order valence-corrected chi connectivity index (χ0v) is 13.8. The standard InChI is InChI=1S/C17H11ClN2O3S/c18-12-3-5-16(6-4-12)24-17-9-13(20(21)22)8-15(10-17)23-14-2-1-7-19-11-14/h1-11H. The first kappa shape index (κ1) is 16.3. The third-order valence-electron chi connectivity index (χ3n) is 3.00. The van der Waals surface area contributed by atoms with E-state index in [1.54, 1.807) is 42.7 Å². The van der Waals surface area contributed by atoms with Crippen molar-refractivity contribution in [3.63, 3.8) is 0 Å². The summed E-state index contributed by atoms with van der Waals surface area (Å²) in [6.45, 7) is 0. The van der Waals surface area contributed by atoms with Crippen LogP contribution in [0, 0.1) is 10.1 Å². The number of ether oxygens (including phenoxy) is 1. The van der Waals surface area contributed by atoms with Gasteiger partial charge in [-0.05, 0) is 42.5 Å². The Hall–Kier alpha value is -2.57. The third kappa shape index (κ3) is 4.24. The van der Waals surface area contributed by atoms with E-state index >= 15 is 0 Å². The predicted octanol–water partition coefficient (Wildman–Crippen LogP) is 5.59. The molecule has 1 heterocycles. The lowest BCUT2D eigenvalue weighted by atomic mass is 10.3. The fourth-order valence-electron chi connectivity index (χ4n) is 1.96. The number of nitro benzene ring substituents is 1. The van der Waals surface area contributed by atoms with Gasteiger partial charge in [0.1, 0.15) is 11.5 Å². The highest BCUT2D eigenvalue weighted by Crippen LogP contribution is 2.35. The Kier molecular flexibility index (Phi) is 4.98. The van der Waals surface area contributed by atoms with Crippen molar-refractivity contribution in [1.29, 1.82) is 0 Å². The second-order valence-electron chi connectivity index (χ2n) is 4.77. The number of rotatable bonds is 5. The molecule has 24 heavy (non-hydrogen) atoms. The molecule has 0 amide bonds. The molecule has 0 aliphatic rings. The minimum atomic E-state index is -0.442. The molecule has 5 nitrogen and oxygen atoms in total. The highest BCUT2D eigenvalue weighted by molar-refractivity contribution is 7.99. The van der Waals surface area contributed by atoms with E-state index in [0.717, 1.165) is 4.90 Å². The maximum absolute atomic E-state index is 11.2. The van der Waals surface area contributed by atoms with Crippen molar-refractivity contribution in [1.82, 2.24) is 4.98 Å². The van der Waals surface area contributed by atoms with Crippen LogP contribution in [-0.2, 0) is 0 Å². The summed E-state index contributed by atoms with van der Waals surface area (Å²) in [6.07, 6.45) is 3.17. The second-order valence-corrected chi connectivity index (χ2v) is 6.35. The van der Waals surface area contributed by atoms with Crippen LogP contribution in [0.1, 0.15) is 0 Å². The first-order valence-electron chi connectivity index (χ1n) is 6.91. The number of nitrogens with zero attached hydrogens (tertiary/aromatic N) is 2. The van der Waals surface area contributed by atoms with E-state index < -0.39 is 4.92 Å². The maximum atomic E-state index is 11.2. The van der Waals surface area contributed by atoms with Crippen molar-refractivity contribution in [2.45, 2.75) is 9.79 Å². The summed E-state index contributed by atoms with van der Waals surface area (Å²) in [5.41, 5.74) is -0.0344. The minimum Gasteiger partial charge on any atom is -0.455 e. The van der Waals surface area contributed by atoms with Gasteiger partial charge in [-0.25, -0.2) is 0 Å². The van der Waals surface area contributed by atoms with Gasteiger partial charge < -0.3 is 4.74 Å². The zero-order valence-electron chi connectivity index (χ0n) is 12.3. The van der Waals surface area contributed by atoms with Crippen molar-refractivity contribution in [2.24, 2.45) is 0 Å².